The molecule has 0 radical (unpaired) electrons. The Labute approximate surface area is 170 Å². The fourth-order valence-electron chi connectivity index (χ4n) is 2.45. The van der Waals surface area contributed by atoms with Crippen molar-refractivity contribution in [1.82, 2.24) is 14.8 Å². The summed E-state index contributed by atoms with van der Waals surface area (Å²) in [6.45, 7) is 3.65. The number of halogens is 1. The summed E-state index contributed by atoms with van der Waals surface area (Å²) in [6.07, 6.45) is 1.53. The van der Waals surface area contributed by atoms with Crippen LogP contribution in [0.2, 0.25) is 5.02 Å². The first-order chi connectivity index (χ1) is 13.3. The lowest BCUT2D eigenvalue weighted by atomic mass is 10.2. The molecular formula is C18H16ClN5O3S. The minimum Gasteiger partial charge on any atom is -0.320 e. The predicted octanol–water partition coefficient (Wildman–Crippen LogP) is 4.18. The van der Waals surface area contributed by atoms with E-state index in [4.69, 9.17) is 11.6 Å². The molecule has 0 unspecified atom stereocenters. The molecule has 0 aliphatic rings. The van der Waals surface area contributed by atoms with Gasteiger partial charge in [-0.2, -0.15) is 0 Å². The average Bonchev–Trinajstić information content (AvgIpc) is 3.12. The minimum atomic E-state index is -0.520. The number of amides is 1. The molecule has 144 valence electrons. The van der Waals surface area contributed by atoms with Gasteiger partial charge < -0.3 is 5.32 Å². The summed E-state index contributed by atoms with van der Waals surface area (Å²) < 4.78 is 1.72. The maximum absolute atomic E-state index is 12.3. The second-order valence-electron chi connectivity index (χ2n) is 6.03. The van der Waals surface area contributed by atoms with E-state index in [0.29, 0.717) is 10.2 Å². The van der Waals surface area contributed by atoms with Crippen molar-refractivity contribution in [2.75, 3.05) is 11.1 Å². The molecule has 0 aliphatic carbocycles. The summed E-state index contributed by atoms with van der Waals surface area (Å²) in [5, 5.41) is 22.8. The first-order valence-corrected chi connectivity index (χ1v) is 9.56. The van der Waals surface area contributed by atoms with Crippen LogP contribution < -0.4 is 5.32 Å². The van der Waals surface area contributed by atoms with Crippen molar-refractivity contribution >= 4 is 40.6 Å². The summed E-state index contributed by atoms with van der Waals surface area (Å²) in [5.41, 5.74) is 2.48. The van der Waals surface area contributed by atoms with Gasteiger partial charge in [-0.05, 0) is 43.2 Å². The number of rotatable bonds is 6. The fraction of sp³-hybridized carbons (Fsp3) is 0.167. The van der Waals surface area contributed by atoms with E-state index in [-0.39, 0.29) is 23.0 Å². The van der Waals surface area contributed by atoms with Gasteiger partial charge in [0.15, 0.2) is 5.16 Å². The quantitative estimate of drug-likeness (QED) is 0.366. The minimum absolute atomic E-state index is 0.0172. The monoisotopic (exact) mass is 417 g/mol. The Balaban J connectivity index is 1.70. The number of aryl methyl sites for hydroxylation is 2. The molecule has 0 bridgehead atoms. The van der Waals surface area contributed by atoms with Gasteiger partial charge in [-0.25, -0.2) is 0 Å². The zero-order chi connectivity index (χ0) is 20.3. The smallest absolute Gasteiger partial charge is 0.293 e. The van der Waals surface area contributed by atoms with Crippen LogP contribution in [0, 0.1) is 24.0 Å². The summed E-state index contributed by atoms with van der Waals surface area (Å²) in [4.78, 5) is 22.9. The Morgan fingerprint density at radius 3 is 2.79 bits per heavy atom. The Morgan fingerprint density at radius 1 is 1.29 bits per heavy atom. The maximum atomic E-state index is 12.3. The van der Waals surface area contributed by atoms with Gasteiger partial charge in [0.2, 0.25) is 5.91 Å². The SMILES string of the molecule is Cc1ccc(NC(=O)CSc2nncn2-c2ccc(C)c(Cl)c2)c([N+](=O)[O-])c1. The van der Waals surface area contributed by atoms with Gasteiger partial charge in [0.25, 0.3) is 5.69 Å². The number of carbonyl (C=O) groups is 1. The van der Waals surface area contributed by atoms with Crippen molar-refractivity contribution in [3.8, 4) is 5.69 Å². The van der Waals surface area contributed by atoms with Crippen LogP contribution in [-0.4, -0.2) is 31.3 Å². The van der Waals surface area contributed by atoms with E-state index in [1.807, 2.05) is 19.1 Å². The van der Waals surface area contributed by atoms with E-state index >= 15 is 0 Å². The predicted molar refractivity (Wildman–Crippen MR) is 108 cm³/mol. The zero-order valence-corrected chi connectivity index (χ0v) is 16.6. The Kier molecular flexibility index (Phi) is 5.96. The molecular weight excluding hydrogens is 402 g/mol. The van der Waals surface area contributed by atoms with E-state index in [9.17, 15) is 14.9 Å². The number of benzene rings is 2. The molecule has 0 atom stereocenters. The number of anilines is 1. The summed E-state index contributed by atoms with van der Waals surface area (Å²) in [6, 6.07) is 10.2. The van der Waals surface area contributed by atoms with Gasteiger partial charge in [0.05, 0.1) is 16.4 Å². The summed E-state index contributed by atoms with van der Waals surface area (Å²) in [5.74, 6) is -0.364. The van der Waals surface area contributed by atoms with Crippen molar-refractivity contribution in [2.45, 2.75) is 19.0 Å². The van der Waals surface area contributed by atoms with E-state index < -0.39 is 4.92 Å². The zero-order valence-electron chi connectivity index (χ0n) is 15.0. The third-order valence-corrected chi connectivity index (χ3v) is 5.26. The van der Waals surface area contributed by atoms with Gasteiger partial charge in [0, 0.05) is 11.1 Å². The largest absolute Gasteiger partial charge is 0.320 e. The van der Waals surface area contributed by atoms with E-state index in [1.165, 1.54) is 30.2 Å². The second kappa shape index (κ2) is 8.41. The number of nitrogens with zero attached hydrogens (tertiary/aromatic N) is 4. The molecule has 2 aromatic carbocycles. The van der Waals surface area contributed by atoms with Crippen LogP contribution in [0.5, 0.6) is 0 Å². The molecule has 0 aliphatic heterocycles. The molecule has 3 aromatic rings. The highest BCUT2D eigenvalue weighted by Gasteiger charge is 2.17. The lowest BCUT2D eigenvalue weighted by Gasteiger charge is -2.09. The molecule has 3 rings (SSSR count). The molecule has 0 saturated heterocycles. The highest BCUT2D eigenvalue weighted by Crippen LogP contribution is 2.27. The molecule has 1 aromatic heterocycles. The summed E-state index contributed by atoms with van der Waals surface area (Å²) in [7, 11) is 0. The van der Waals surface area contributed by atoms with E-state index in [2.05, 4.69) is 15.5 Å². The van der Waals surface area contributed by atoms with Crippen molar-refractivity contribution in [3.63, 3.8) is 0 Å². The lowest BCUT2D eigenvalue weighted by Crippen LogP contribution is -2.15. The third kappa shape index (κ3) is 4.49. The topological polar surface area (TPSA) is 103 Å². The van der Waals surface area contributed by atoms with Gasteiger partial charge in [-0.15, -0.1) is 10.2 Å². The standard InChI is InChI=1S/C18H16ClN5O3S/c1-11-3-6-15(16(7-11)24(26)27)21-17(25)9-28-18-22-20-10-23(18)13-5-4-12(2)14(19)8-13/h3-8,10H,9H2,1-2H3,(H,21,25). The van der Waals surface area contributed by atoms with E-state index in [0.717, 1.165) is 16.8 Å². The summed E-state index contributed by atoms with van der Waals surface area (Å²) >= 11 is 7.34. The highest BCUT2D eigenvalue weighted by molar-refractivity contribution is 7.99. The number of nitro benzene ring substituents is 1. The van der Waals surface area contributed by atoms with Crippen molar-refractivity contribution < 1.29 is 9.72 Å². The van der Waals surface area contributed by atoms with Crippen LogP contribution in [0.3, 0.4) is 0 Å². The Bertz CT molecular complexity index is 1050. The van der Waals surface area contributed by atoms with E-state index in [1.54, 1.807) is 23.6 Å². The molecule has 0 saturated carbocycles. The van der Waals surface area contributed by atoms with Gasteiger partial charge >= 0.3 is 0 Å². The first kappa shape index (κ1) is 19.8. The second-order valence-corrected chi connectivity index (χ2v) is 7.38. The van der Waals surface area contributed by atoms with Gasteiger partial charge in [-0.3, -0.25) is 19.5 Å². The number of nitrogens with one attached hydrogen (secondary N) is 1. The third-order valence-electron chi connectivity index (χ3n) is 3.91. The van der Waals surface area contributed by atoms with Crippen LogP contribution in [-0.2, 0) is 4.79 Å². The number of hydrogen-bond donors (Lipinski definition) is 1. The van der Waals surface area contributed by atoms with Gasteiger partial charge in [-0.1, -0.05) is 35.5 Å². The number of nitro groups is 1. The normalized spacial score (nSPS) is 10.7. The number of thioether (sulfide) groups is 1. The molecule has 1 N–H and O–H groups in total. The molecule has 28 heavy (non-hydrogen) atoms. The fourth-order valence-corrected chi connectivity index (χ4v) is 3.35. The average molecular weight is 418 g/mol. The van der Waals surface area contributed by atoms with Crippen LogP contribution in [0.25, 0.3) is 5.69 Å². The number of carbonyl (C=O) groups excluding carboxylic acids is 1. The van der Waals surface area contributed by atoms with Crippen LogP contribution in [0.15, 0.2) is 47.9 Å². The first-order valence-electron chi connectivity index (χ1n) is 8.19. The number of hydrogen-bond acceptors (Lipinski definition) is 6. The molecule has 10 heteroatoms. The van der Waals surface area contributed by atoms with Crippen molar-refractivity contribution in [3.05, 3.63) is 69.0 Å². The van der Waals surface area contributed by atoms with Crippen molar-refractivity contribution in [2.24, 2.45) is 0 Å². The van der Waals surface area contributed by atoms with Crippen LogP contribution in [0.1, 0.15) is 11.1 Å². The van der Waals surface area contributed by atoms with Crippen LogP contribution >= 0.6 is 23.4 Å². The molecule has 0 spiro atoms. The molecule has 0 fully saturated rings. The highest BCUT2D eigenvalue weighted by atomic mass is 35.5. The number of aromatic nitrogens is 3. The van der Waals surface area contributed by atoms with Crippen molar-refractivity contribution in [1.29, 1.82) is 0 Å². The molecule has 8 nitrogen and oxygen atoms in total. The molecule has 1 heterocycles. The Hall–Kier alpha value is -2.91. The van der Waals surface area contributed by atoms with Gasteiger partial charge in [0.1, 0.15) is 12.0 Å². The molecule has 1 amide bonds. The Morgan fingerprint density at radius 2 is 2.07 bits per heavy atom. The van der Waals surface area contributed by atoms with Crippen LogP contribution in [0.4, 0.5) is 11.4 Å². The lowest BCUT2D eigenvalue weighted by molar-refractivity contribution is -0.384. The maximum Gasteiger partial charge on any atom is 0.293 e.